The number of nitrogens with one attached hydrogen (secondary N) is 1. The average Bonchev–Trinajstić information content (AvgIpc) is 2.98. The summed E-state index contributed by atoms with van der Waals surface area (Å²) < 4.78 is 5.49. The Bertz CT molecular complexity index is 574. The standard InChI is InChI=1S/C18H26N2O2/c1-6-22-17-13(8-7-9-19-17)11-20-16(21)15-14(10-12(2)3)18(15,4)5/h7-10,14-15H,6,11H2,1-5H3,(H,20,21)/t14-,15+/m0/s1. The first-order chi connectivity index (χ1) is 10.4. The van der Waals surface area contributed by atoms with Crippen LogP contribution in [-0.4, -0.2) is 17.5 Å². The number of ether oxygens (including phenoxy) is 1. The van der Waals surface area contributed by atoms with E-state index >= 15 is 0 Å². The first kappa shape index (κ1) is 16.5. The summed E-state index contributed by atoms with van der Waals surface area (Å²) in [6.45, 7) is 11.4. The van der Waals surface area contributed by atoms with Crippen LogP contribution in [0.5, 0.6) is 5.88 Å². The van der Waals surface area contributed by atoms with Crippen molar-refractivity contribution in [2.45, 2.75) is 41.2 Å². The fourth-order valence-electron chi connectivity index (χ4n) is 2.97. The molecule has 2 atom stereocenters. The van der Waals surface area contributed by atoms with Crippen LogP contribution in [0.2, 0.25) is 0 Å². The maximum absolute atomic E-state index is 12.5. The third-order valence-electron chi connectivity index (χ3n) is 4.29. The van der Waals surface area contributed by atoms with Crippen molar-refractivity contribution in [1.29, 1.82) is 0 Å². The molecule has 0 aromatic carbocycles. The van der Waals surface area contributed by atoms with Gasteiger partial charge >= 0.3 is 0 Å². The molecule has 0 spiro atoms. The van der Waals surface area contributed by atoms with Gasteiger partial charge in [-0.05, 0) is 38.2 Å². The molecule has 0 saturated heterocycles. The molecule has 4 nitrogen and oxygen atoms in total. The fraction of sp³-hybridized carbons (Fsp3) is 0.556. The molecule has 0 aliphatic heterocycles. The molecule has 1 aliphatic rings. The van der Waals surface area contributed by atoms with Gasteiger partial charge in [0.15, 0.2) is 0 Å². The number of nitrogens with zero attached hydrogens (tertiary/aromatic N) is 1. The van der Waals surface area contributed by atoms with Crippen LogP contribution in [0.15, 0.2) is 30.0 Å². The Hall–Kier alpha value is -1.84. The molecule has 1 fully saturated rings. The highest BCUT2D eigenvalue weighted by Gasteiger charge is 2.60. The van der Waals surface area contributed by atoms with Gasteiger partial charge in [-0.15, -0.1) is 0 Å². The van der Waals surface area contributed by atoms with E-state index in [4.69, 9.17) is 4.74 Å². The van der Waals surface area contributed by atoms with Crippen molar-refractivity contribution in [3.63, 3.8) is 0 Å². The summed E-state index contributed by atoms with van der Waals surface area (Å²) in [5.74, 6) is 1.09. The van der Waals surface area contributed by atoms with Gasteiger partial charge in [0.25, 0.3) is 0 Å². The van der Waals surface area contributed by atoms with E-state index in [-0.39, 0.29) is 17.2 Å². The minimum Gasteiger partial charge on any atom is -0.478 e. The molecule has 120 valence electrons. The molecule has 1 aromatic heterocycles. The highest BCUT2D eigenvalue weighted by Crippen LogP contribution is 2.59. The van der Waals surface area contributed by atoms with Crippen LogP contribution in [0.25, 0.3) is 0 Å². The van der Waals surface area contributed by atoms with Gasteiger partial charge in [0, 0.05) is 18.3 Å². The predicted molar refractivity (Wildman–Crippen MR) is 87.4 cm³/mol. The number of pyridine rings is 1. The van der Waals surface area contributed by atoms with Gasteiger partial charge in [-0.2, -0.15) is 0 Å². The third kappa shape index (κ3) is 3.49. The molecule has 2 rings (SSSR count). The highest BCUT2D eigenvalue weighted by atomic mass is 16.5. The van der Waals surface area contributed by atoms with Crippen molar-refractivity contribution in [1.82, 2.24) is 10.3 Å². The van der Waals surface area contributed by atoms with Crippen LogP contribution in [0.4, 0.5) is 0 Å². The van der Waals surface area contributed by atoms with Crippen LogP contribution < -0.4 is 10.1 Å². The number of amides is 1. The number of aromatic nitrogens is 1. The van der Waals surface area contributed by atoms with E-state index in [2.05, 4.69) is 44.1 Å². The summed E-state index contributed by atoms with van der Waals surface area (Å²) in [7, 11) is 0. The Morgan fingerprint density at radius 3 is 2.82 bits per heavy atom. The molecule has 1 aliphatic carbocycles. The number of carbonyl (C=O) groups is 1. The Kier molecular flexibility index (Phi) is 4.89. The average molecular weight is 302 g/mol. The van der Waals surface area contributed by atoms with Crippen molar-refractivity contribution in [2.75, 3.05) is 6.61 Å². The molecule has 1 amide bonds. The smallest absolute Gasteiger partial charge is 0.224 e. The maximum Gasteiger partial charge on any atom is 0.224 e. The summed E-state index contributed by atoms with van der Waals surface area (Å²) in [5, 5.41) is 3.03. The zero-order valence-corrected chi connectivity index (χ0v) is 14.1. The number of hydrogen-bond donors (Lipinski definition) is 1. The van der Waals surface area contributed by atoms with Crippen LogP contribution in [0.1, 0.15) is 40.2 Å². The van der Waals surface area contributed by atoms with Crippen molar-refractivity contribution in [2.24, 2.45) is 17.3 Å². The van der Waals surface area contributed by atoms with E-state index in [9.17, 15) is 4.79 Å². The molecule has 1 heterocycles. The predicted octanol–water partition coefficient (Wildman–Crippen LogP) is 3.33. The minimum absolute atomic E-state index is 0.0407. The quantitative estimate of drug-likeness (QED) is 0.820. The molecular weight excluding hydrogens is 276 g/mol. The number of rotatable bonds is 6. The zero-order valence-electron chi connectivity index (χ0n) is 14.1. The lowest BCUT2D eigenvalue weighted by Crippen LogP contribution is -2.26. The largest absolute Gasteiger partial charge is 0.478 e. The van der Waals surface area contributed by atoms with Crippen LogP contribution in [-0.2, 0) is 11.3 Å². The molecule has 0 unspecified atom stereocenters. The summed E-state index contributed by atoms with van der Waals surface area (Å²) in [6, 6.07) is 3.79. The van der Waals surface area contributed by atoms with Crippen molar-refractivity contribution >= 4 is 5.91 Å². The lowest BCUT2D eigenvalue weighted by atomic mass is 10.1. The van der Waals surface area contributed by atoms with Gasteiger partial charge < -0.3 is 10.1 Å². The Labute approximate surface area is 133 Å². The molecule has 1 N–H and O–H groups in total. The van der Waals surface area contributed by atoms with Gasteiger partial charge in [-0.25, -0.2) is 4.98 Å². The molecular formula is C18H26N2O2. The van der Waals surface area contributed by atoms with E-state index < -0.39 is 0 Å². The summed E-state index contributed by atoms with van der Waals surface area (Å²) in [5.41, 5.74) is 2.22. The molecule has 0 radical (unpaired) electrons. The van der Waals surface area contributed by atoms with Crippen molar-refractivity contribution in [3.05, 3.63) is 35.5 Å². The zero-order chi connectivity index (χ0) is 16.3. The summed E-state index contributed by atoms with van der Waals surface area (Å²) in [6.07, 6.45) is 3.91. The van der Waals surface area contributed by atoms with Crippen LogP contribution in [0, 0.1) is 17.3 Å². The van der Waals surface area contributed by atoms with Crippen LogP contribution in [0.3, 0.4) is 0 Å². The van der Waals surface area contributed by atoms with Gasteiger partial charge in [0.2, 0.25) is 11.8 Å². The molecule has 1 saturated carbocycles. The van der Waals surface area contributed by atoms with Crippen molar-refractivity contribution < 1.29 is 9.53 Å². The Morgan fingerprint density at radius 1 is 1.45 bits per heavy atom. The van der Waals surface area contributed by atoms with Gasteiger partial charge in [-0.3, -0.25) is 4.79 Å². The number of carbonyl (C=O) groups excluding carboxylic acids is 1. The van der Waals surface area contributed by atoms with E-state index in [1.807, 2.05) is 19.1 Å². The first-order valence-electron chi connectivity index (χ1n) is 7.87. The maximum atomic E-state index is 12.5. The molecule has 22 heavy (non-hydrogen) atoms. The Balaban J connectivity index is 1.98. The van der Waals surface area contributed by atoms with E-state index in [0.717, 1.165) is 5.56 Å². The second-order valence-corrected chi connectivity index (χ2v) is 6.69. The lowest BCUT2D eigenvalue weighted by Gasteiger charge is -2.10. The summed E-state index contributed by atoms with van der Waals surface area (Å²) in [4.78, 5) is 16.7. The SMILES string of the molecule is CCOc1ncccc1CNC(=O)[C@H]1[C@H](C=C(C)C)C1(C)C. The Morgan fingerprint density at radius 2 is 2.18 bits per heavy atom. The summed E-state index contributed by atoms with van der Waals surface area (Å²) >= 11 is 0. The number of hydrogen-bond acceptors (Lipinski definition) is 3. The molecule has 4 heteroatoms. The molecule has 0 bridgehead atoms. The lowest BCUT2D eigenvalue weighted by molar-refractivity contribution is -0.123. The number of allylic oxidation sites excluding steroid dienone is 2. The topological polar surface area (TPSA) is 51.2 Å². The van der Waals surface area contributed by atoms with Crippen LogP contribution >= 0.6 is 0 Å². The second kappa shape index (κ2) is 6.51. The highest BCUT2D eigenvalue weighted by molar-refractivity contribution is 5.83. The van der Waals surface area contributed by atoms with E-state index in [0.29, 0.717) is 24.9 Å². The van der Waals surface area contributed by atoms with Gasteiger partial charge in [0.05, 0.1) is 12.5 Å². The van der Waals surface area contributed by atoms with Gasteiger partial charge in [0.1, 0.15) is 0 Å². The second-order valence-electron chi connectivity index (χ2n) is 6.69. The van der Waals surface area contributed by atoms with Crippen molar-refractivity contribution in [3.8, 4) is 5.88 Å². The molecule has 1 aromatic rings. The van der Waals surface area contributed by atoms with E-state index in [1.165, 1.54) is 5.57 Å². The minimum atomic E-state index is 0.0407. The monoisotopic (exact) mass is 302 g/mol. The normalized spacial score (nSPS) is 21.9. The van der Waals surface area contributed by atoms with Gasteiger partial charge in [-0.1, -0.05) is 31.6 Å². The third-order valence-corrected chi connectivity index (χ3v) is 4.29. The first-order valence-corrected chi connectivity index (χ1v) is 7.87. The fourth-order valence-corrected chi connectivity index (χ4v) is 2.97. The van der Waals surface area contributed by atoms with E-state index in [1.54, 1.807) is 6.20 Å².